The third-order valence-electron chi connectivity index (χ3n) is 3.41. The van der Waals surface area contributed by atoms with Gasteiger partial charge in [-0.2, -0.15) is 0 Å². The quantitative estimate of drug-likeness (QED) is 0.759. The van der Waals surface area contributed by atoms with E-state index >= 15 is 0 Å². The summed E-state index contributed by atoms with van der Waals surface area (Å²) >= 11 is 0. The standard InChI is InChI=1S/C13H18N4O3/c1-20-12-10(6-3-7-15-12)17-13(19)16-9-5-2-4-8(9)11(14)18/h3,6-9H,2,4-5H2,1H3,(H2,14,18)(H2,16,17,19). The van der Waals surface area contributed by atoms with E-state index in [-0.39, 0.29) is 17.9 Å². The Balaban J connectivity index is 1.97. The number of nitrogens with zero attached hydrogens (tertiary/aromatic N) is 1. The summed E-state index contributed by atoms with van der Waals surface area (Å²) in [5.41, 5.74) is 5.79. The number of nitrogens with two attached hydrogens (primary N) is 1. The normalized spacial score (nSPS) is 21.2. The average Bonchev–Trinajstić information content (AvgIpc) is 2.87. The first-order valence-corrected chi connectivity index (χ1v) is 6.47. The van der Waals surface area contributed by atoms with Gasteiger partial charge in [0.2, 0.25) is 11.8 Å². The lowest BCUT2D eigenvalue weighted by Gasteiger charge is -2.19. The number of carbonyl (C=O) groups excluding carboxylic acids is 2. The molecule has 0 aromatic carbocycles. The maximum atomic E-state index is 11.9. The zero-order chi connectivity index (χ0) is 14.5. The second kappa shape index (κ2) is 6.23. The molecule has 4 N–H and O–H groups in total. The Morgan fingerprint density at radius 3 is 2.95 bits per heavy atom. The van der Waals surface area contributed by atoms with E-state index in [4.69, 9.17) is 10.5 Å². The van der Waals surface area contributed by atoms with E-state index in [2.05, 4.69) is 15.6 Å². The molecular weight excluding hydrogens is 260 g/mol. The lowest BCUT2D eigenvalue weighted by Crippen LogP contribution is -2.44. The lowest BCUT2D eigenvalue weighted by molar-refractivity contribution is -0.122. The zero-order valence-electron chi connectivity index (χ0n) is 11.3. The van der Waals surface area contributed by atoms with Crippen LogP contribution in [0.1, 0.15) is 19.3 Å². The number of ether oxygens (including phenoxy) is 1. The van der Waals surface area contributed by atoms with Gasteiger partial charge in [-0.15, -0.1) is 0 Å². The van der Waals surface area contributed by atoms with E-state index in [1.807, 2.05) is 0 Å². The van der Waals surface area contributed by atoms with Crippen molar-refractivity contribution in [3.63, 3.8) is 0 Å². The van der Waals surface area contributed by atoms with Crippen molar-refractivity contribution in [3.05, 3.63) is 18.3 Å². The summed E-state index contributed by atoms with van der Waals surface area (Å²) in [6.45, 7) is 0. The van der Waals surface area contributed by atoms with Crippen LogP contribution < -0.4 is 21.1 Å². The Hall–Kier alpha value is -2.31. The lowest BCUT2D eigenvalue weighted by atomic mass is 10.0. The Morgan fingerprint density at radius 1 is 1.45 bits per heavy atom. The first kappa shape index (κ1) is 14.1. The number of carbonyl (C=O) groups is 2. The minimum atomic E-state index is -0.394. The molecule has 2 atom stereocenters. The van der Waals surface area contributed by atoms with Gasteiger partial charge < -0.3 is 21.1 Å². The van der Waals surface area contributed by atoms with Crippen molar-refractivity contribution in [2.75, 3.05) is 12.4 Å². The van der Waals surface area contributed by atoms with Crippen LogP contribution in [0.3, 0.4) is 0 Å². The molecule has 7 nitrogen and oxygen atoms in total. The molecule has 0 saturated heterocycles. The fourth-order valence-corrected chi connectivity index (χ4v) is 2.45. The van der Waals surface area contributed by atoms with Gasteiger partial charge in [0, 0.05) is 12.2 Å². The molecule has 2 rings (SSSR count). The summed E-state index contributed by atoms with van der Waals surface area (Å²) < 4.78 is 5.05. The SMILES string of the molecule is COc1ncccc1NC(=O)NC1CCCC1C(N)=O. The molecule has 1 aromatic rings. The first-order valence-electron chi connectivity index (χ1n) is 6.47. The number of methoxy groups -OCH3 is 1. The van der Waals surface area contributed by atoms with Crippen molar-refractivity contribution in [1.29, 1.82) is 0 Å². The number of aromatic nitrogens is 1. The molecule has 20 heavy (non-hydrogen) atoms. The second-order valence-corrected chi connectivity index (χ2v) is 4.70. The minimum absolute atomic E-state index is 0.213. The van der Waals surface area contributed by atoms with E-state index in [0.717, 1.165) is 19.3 Å². The summed E-state index contributed by atoms with van der Waals surface area (Å²) in [4.78, 5) is 27.2. The highest BCUT2D eigenvalue weighted by Crippen LogP contribution is 2.25. The predicted octanol–water partition coefficient (Wildman–Crippen LogP) is 0.866. The summed E-state index contributed by atoms with van der Waals surface area (Å²) in [6.07, 6.45) is 3.93. The van der Waals surface area contributed by atoms with Crippen molar-refractivity contribution in [2.24, 2.45) is 11.7 Å². The molecule has 1 aliphatic carbocycles. The summed E-state index contributed by atoms with van der Waals surface area (Å²) in [5, 5.41) is 5.43. The number of nitrogens with one attached hydrogen (secondary N) is 2. The third-order valence-corrected chi connectivity index (χ3v) is 3.41. The van der Waals surface area contributed by atoms with Crippen molar-refractivity contribution >= 4 is 17.6 Å². The Bertz CT molecular complexity index is 506. The molecule has 0 radical (unpaired) electrons. The number of amides is 3. The van der Waals surface area contributed by atoms with E-state index < -0.39 is 6.03 Å². The highest BCUT2D eigenvalue weighted by Gasteiger charge is 2.32. The second-order valence-electron chi connectivity index (χ2n) is 4.70. The smallest absolute Gasteiger partial charge is 0.319 e. The summed E-state index contributed by atoms with van der Waals surface area (Å²) in [7, 11) is 1.48. The molecule has 7 heteroatoms. The van der Waals surface area contributed by atoms with E-state index in [0.29, 0.717) is 11.6 Å². The van der Waals surface area contributed by atoms with Gasteiger partial charge in [0.05, 0.1) is 13.0 Å². The first-order chi connectivity index (χ1) is 9.61. The Morgan fingerprint density at radius 2 is 2.25 bits per heavy atom. The number of hydrogen-bond acceptors (Lipinski definition) is 4. The van der Waals surface area contributed by atoms with E-state index in [1.165, 1.54) is 7.11 Å². The van der Waals surface area contributed by atoms with Crippen LogP contribution in [0.4, 0.5) is 10.5 Å². The van der Waals surface area contributed by atoms with Crippen LogP contribution >= 0.6 is 0 Å². The van der Waals surface area contributed by atoms with Crippen LogP contribution in [-0.2, 0) is 4.79 Å². The van der Waals surface area contributed by atoms with Gasteiger partial charge in [-0.3, -0.25) is 4.79 Å². The largest absolute Gasteiger partial charge is 0.480 e. The molecule has 1 fully saturated rings. The van der Waals surface area contributed by atoms with Gasteiger partial charge in [-0.05, 0) is 25.0 Å². The van der Waals surface area contributed by atoms with Crippen LogP contribution in [0.5, 0.6) is 5.88 Å². The number of rotatable bonds is 4. The van der Waals surface area contributed by atoms with Crippen LogP contribution in [-0.4, -0.2) is 30.1 Å². The molecule has 0 bridgehead atoms. The zero-order valence-corrected chi connectivity index (χ0v) is 11.3. The molecule has 0 aliphatic heterocycles. The molecule has 1 heterocycles. The fourth-order valence-electron chi connectivity index (χ4n) is 2.45. The molecule has 0 spiro atoms. The number of hydrogen-bond donors (Lipinski definition) is 3. The van der Waals surface area contributed by atoms with Crippen LogP contribution in [0.25, 0.3) is 0 Å². The highest BCUT2D eigenvalue weighted by atomic mass is 16.5. The molecule has 1 aliphatic rings. The van der Waals surface area contributed by atoms with Crippen LogP contribution in [0, 0.1) is 5.92 Å². The minimum Gasteiger partial charge on any atom is -0.480 e. The maximum Gasteiger partial charge on any atom is 0.319 e. The van der Waals surface area contributed by atoms with Crippen LogP contribution in [0.15, 0.2) is 18.3 Å². The van der Waals surface area contributed by atoms with Gasteiger partial charge in [0.15, 0.2) is 0 Å². The van der Waals surface area contributed by atoms with Gasteiger partial charge in [-0.1, -0.05) is 6.42 Å². The molecule has 1 saturated carbocycles. The number of primary amides is 1. The number of anilines is 1. The Kier molecular flexibility index (Phi) is 4.39. The monoisotopic (exact) mass is 278 g/mol. The summed E-state index contributed by atoms with van der Waals surface area (Å²) in [6, 6.07) is 2.77. The number of pyridine rings is 1. The number of urea groups is 1. The van der Waals surface area contributed by atoms with E-state index in [1.54, 1.807) is 18.3 Å². The van der Waals surface area contributed by atoms with Crippen molar-refractivity contribution in [1.82, 2.24) is 10.3 Å². The predicted molar refractivity (Wildman–Crippen MR) is 73.3 cm³/mol. The van der Waals surface area contributed by atoms with E-state index in [9.17, 15) is 9.59 Å². The van der Waals surface area contributed by atoms with Gasteiger partial charge in [-0.25, -0.2) is 9.78 Å². The average molecular weight is 278 g/mol. The molecular formula is C13H18N4O3. The van der Waals surface area contributed by atoms with Crippen molar-refractivity contribution < 1.29 is 14.3 Å². The molecule has 3 amide bonds. The molecule has 108 valence electrons. The van der Waals surface area contributed by atoms with Gasteiger partial charge >= 0.3 is 6.03 Å². The van der Waals surface area contributed by atoms with Gasteiger partial charge in [0.1, 0.15) is 5.69 Å². The summed E-state index contributed by atoms with van der Waals surface area (Å²) in [5.74, 6) is -0.330. The fraction of sp³-hybridized carbons (Fsp3) is 0.462. The van der Waals surface area contributed by atoms with Crippen molar-refractivity contribution in [2.45, 2.75) is 25.3 Å². The third kappa shape index (κ3) is 3.17. The van der Waals surface area contributed by atoms with Crippen LogP contribution in [0.2, 0.25) is 0 Å². The van der Waals surface area contributed by atoms with Crippen molar-refractivity contribution in [3.8, 4) is 5.88 Å². The molecule has 1 aromatic heterocycles. The highest BCUT2D eigenvalue weighted by molar-refractivity contribution is 5.91. The topological polar surface area (TPSA) is 106 Å². The van der Waals surface area contributed by atoms with Gasteiger partial charge in [0.25, 0.3) is 0 Å². The maximum absolute atomic E-state index is 11.9. The molecule has 2 unspecified atom stereocenters. The Labute approximate surface area is 116 Å².